The van der Waals surface area contributed by atoms with Gasteiger partial charge in [-0.3, -0.25) is 4.79 Å². The maximum atomic E-state index is 12.1. The highest BCUT2D eigenvalue weighted by molar-refractivity contribution is 5.76. The van der Waals surface area contributed by atoms with Gasteiger partial charge in [-0.05, 0) is 19.3 Å². The summed E-state index contributed by atoms with van der Waals surface area (Å²) in [4.78, 5) is 12.1. The normalized spacial score (nSPS) is 13.5. The van der Waals surface area contributed by atoms with Gasteiger partial charge in [-0.1, -0.05) is 129 Å². The monoisotopic (exact) mass is 453 g/mol. The van der Waals surface area contributed by atoms with Crippen LogP contribution in [-0.2, 0) is 4.79 Å². The Kier molecular flexibility index (Phi) is 24.1. The summed E-state index contributed by atoms with van der Waals surface area (Å²) in [5.41, 5.74) is 0. The van der Waals surface area contributed by atoms with Crippen LogP contribution in [0.25, 0.3) is 0 Å². The Morgan fingerprint density at radius 3 is 1.62 bits per heavy atom. The molecule has 1 amide bonds. The maximum Gasteiger partial charge on any atom is 0.220 e. The van der Waals surface area contributed by atoms with E-state index >= 15 is 0 Å². The molecule has 2 atom stereocenters. The van der Waals surface area contributed by atoms with Crippen molar-refractivity contribution < 1.29 is 15.0 Å². The van der Waals surface area contributed by atoms with Crippen molar-refractivity contribution in [3.05, 3.63) is 12.2 Å². The second kappa shape index (κ2) is 24.8. The topological polar surface area (TPSA) is 69.6 Å². The van der Waals surface area contributed by atoms with Gasteiger partial charge in [-0.15, -0.1) is 0 Å². The average Bonchev–Trinajstić information content (AvgIpc) is 2.79. The van der Waals surface area contributed by atoms with Gasteiger partial charge in [0.1, 0.15) is 0 Å². The Morgan fingerprint density at radius 1 is 0.719 bits per heavy atom. The lowest BCUT2D eigenvalue weighted by Crippen LogP contribution is -2.45. The van der Waals surface area contributed by atoms with Gasteiger partial charge in [-0.25, -0.2) is 0 Å². The zero-order valence-corrected chi connectivity index (χ0v) is 21.5. The first-order chi connectivity index (χ1) is 15.7. The van der Waals surface area contributed by atoms with Gasteiger partial charge in [0, 0.05) is 6.42 Å². The smallest absolute Gasteiger partial charge is 0.220 e. The largest absolute Gasteiger partial charge is 0.394 e. The number of rotatable bonds is 24. The molecule has 0 spiro atoms. The van der Waals surface area contributed by atoms with Crippen LogP contribution in [0.1, 0.15) is 142 Å². The third-order valence-electron chi connectivity index (χ3n) is 6.27. The minimum Gasteiger partial charge on any atom is -0.394 e. The standard InChI is InChI=1S/C28H55NO3/c1-3-5-7-9-11-13-15-17-19-21-23-27(31)26(25-30)29-28(32)24-22-20-18-16-14-12-10-8-6-4-2/h21,23,26-27,30-31H,3-20,22,24-25H2,1-2H3,(H,29,32)/b23-21+. The van der Waals surface area contributed by atoms with Crippen molar-refractivity contribution in [3.63, 3.8) is 0 Å². The molecule has 0 radical (unpaired) electrons. The van der Waals surface area contributed by atoms with Gasteiger partial charge in [0.15, 0.2) is 0 Å². The van der Waals surface area contributed by atoms with Gasteiger partial charge in [0.25, 0.3) is 0 Å². The van der Waals surface area contributed by atoms with Crippen molar-refractivity contribution >= 4 is 5.91 Å². The minimum absolute atomic E-state index is 0.0702. The van der Waals surface area contributed by atoms with E-state index in [0.717, 1.165) is 25.7 Å². The number of aliphatic hydroxyl groups excluding tert-OH is 2. The lowest BCUT2D eigenvalue weighted by atomic mass is 10.1. The average molecular weight is 454 g/mol. The van der Waals surface area contributed by atoms with Crippen LogP contribution >= 0.6 is 0 Å². The summed E-state index contributed by atoms with van der Waals surface area (Å²) in [6.45, 7) is 4.24. The summed E-state index contributed by atoms with van der Waals surface area (Å²) in [5.74, 6) is -0.0702. The van der Waals surface area contributed by atoms with Crippen molar-refractivity contribution in [1.82, 2.24) is 5.32 Å². The molecule has 0 aliphatic carbocycles. The van der Waals surface area contributed by atoms with Gasteiger partial charge < -0.3 is 15.5 Å². The number of nitrogens with one attached hydrogen (secondary N) is 1. The fraction of sp³-hybridized carbons (Fsp3) is 0.893. The van der Waals surface area contributed by atoms with Crippen molar-refractivity contribution in [2.24, 2.45) is 0 Å². The number of unbranched alkanes of at least 4 members (excludes halogenated alkanes) is 17. The molecular formula is C28H55NO3. The zero-order valence-electron chi connectivity index (χ0n) is 21.5. The van der Waals surface area contributed by atoms with Crippen LogP contribution in [0, 0.1) is 0 Å². The zero-order chi connectivity index (χ0) is 23.7. The van der Waals surface area contributed by atoms with Crippen LogP contribution in [0.15, 0.2) is 12.2 Å². The summed E-state index contributed by atoms with van der Waals surface area (Å²) in [7, 11) is 0. The third kappa shape index (κ3) is 21.0. The number of carbonyl (C=O) groups is 1. The predicted molar refractivity (Wildman–Crippen MR) is 138 cm³/mol. The maximum absolute atomic E-state index is 12.1. The van der Waals surface area contributed by atoms with E-state index in [1.165, 1.54) is 96.3 Å². The molecule has 0 aliphatic heterocycles. The van der Waals surface area contributed by atoms with E-state index < -0.39 is 12.1 Å². The summed E-state index contributed by atoms with van der Waals surface area (Å²) in [6, 6.07) is -0.611. The van der Waals surface area contributed by atoms with E-state index in [1.54, 1.807) is 6.08 Å². The lowest BCUT2D eigenvalue weighted by molar-refractivity contribution is -0.123. The molecule has 0 saturated heterocycles. The SMILES string of the molecule is CCCCCCCCCC/C=C/C(O)C(CO)NC(=O)CCCCCCCCCCCC. The minimum atomic E-state index is -0.828. The molecule has 0 heterocycles. The van der Waals surface area contributed by atoms with Crippen molar-refractivity contribution in [2.75, 3.05) is 6.61 Å². The molecule has 0 rings (SSSR count). The van der Waals surface area contributed by atoms with Gasteiger partial charge >= 0.3 is 0 Å². The Hall–Kier alpha value is -0.870. The Morgan fingerprint density at radius 2 is 1.16 bits per heavy atom. The molecule has 0 aliphatic rings. The molecule has 0 fully saturated rings. The number of hydrogen-bond acceptors (Lipinski definition) is 3. The van der Waals surface area contributed by atoms with Crippen LogP contribution in [-0.4, -0.2) is 34.9 Å². The fourth-order valence-electron chi connectivity index (χ4n) is 4.06. The first-order valence-electron chi connectivity index (χ1n) is 13.9. The van der Waals surface area contributed by atoms with Gasteiger partial charge in [0.2, 0.25) is 5.91 Å². The highest BCUT2D eigenvalue weighted by Crippen LogP contribution is 2.12. The fourth-order valence-corrected chi connectivity index (χ4v) is 4.06. The highest BCUT2D eigenvalue weighted by atomic mass is 16.3. The second-order valence-corrected chi connectivity index (χ2v) is 9.47. The van der Waals surface area contributed by atoms with Crippen LogP contribution in [0.4, 0.5) is 0 Å². The number of amides is 1. The van der Waals surface area contributed by atoms with Gasteiger partial charge in [-0.2, -0.15) is 0 Å². The summed E-state index contributed by atoms with van der Waals surface area (Å²) in [5, 5.41) is 22.6. The number of carbonyl (C=O) groups excluding carboxylic acids is 1. The number of aliphatic hydroxyl groups is 2. The van der Waals surface area contributed by atoms with E-state index in [9.17, 15) is 15.0 Å². The first kappa shape index (κ1) is 31.1. The molecule has 2 unspecified atom stereocenters. The first-order valence-corrected chi connectivity index (χ1v) is 13.9. The van der Waals surface area contributed by atoms with E-state index in [0.29, 0.717) is 6.42 Å². The quantitative estimate of drug-likeness (QED) is 0.107. The molecule has 0 saturated carbocycles. The Labute approximate surface area is 199 Å². The van der Waals surface area contributed by atoms with E-state index in [1.807, 2.05) is 6.08 Å². The van der Waals surface area contributed by atoms with E-state index in [4.69, 9.17) is 0 Å². The molecule has 0 aromatic carbocycles. The summed E-state index contributed by atoms with van der Waals surface area (Å²) in [6.07, 6.45) is 27.0. The molecule has 0 aromatic heterocycles. The van der Waals surface area contributed by atoms with E-state index in [-0.39, 0.29) is 12.5 Å². The summed E-state index contributed by atoms with van der Waals surface area (Å²) < 4.78 is 0. The Bertz CT molecular complexity index is 425. The van der Waals surface area contributed by atoms with Crippen molar-refractivity contribution in [2.45, 2.75) is 154 Å². The molecule has 0 aromatic rings. The molecular weight excluding hydrogens is 398 g/mol. The molecule has 190 valence electrons. The predicted octanol–water partition coefficient (Wildman–Crippen LogP) is 7.22. The van der Waals surface area contributed by atoms with E-state index in [2.05, 4.69) is 19.2 Å². The summed E-state index contributed by atoms with van der Waals surface area (Å²) >= 11 is 0. The van der Waals surface area contributed by atoms with Crippen LogP contribution in [0.3, 0.4) is 0 Å². The van der Waals surface area contributed by atoms with Crippen LogP contribution in [0.2, 0.25) is 0 Å². The third-order valence-corrected chi connectivity index (χ3v) is 6.27. The van der Waals surface area contributed by atoms with Crippen LogP contribution < -0.4 is 5.32 Å². The van der Waals surface area contributed by atoms with Crippen molar-refractivity contribution in [1.29, 1.82) is 0 Å². The van der Waals surface area contributed by atoms with Crippen molar-refractivity contribution in [3.8, 4) is 0 Å². The molecule has 32 heavy (non-hydrogen) atoms. The molecule has 4 nitrogen and oxygen atoms in total. The lowest BCUT2D eigenvalue weighted by Gasteiger charge is -2.20. The second-order valence-electron chi connectivity index (χ2n) is 9.47. The molecule has 0 bridgehead atoms. The van der Waals surface area contributed by atoms with Crippen LogP contribution in [0.5, 0.6) is 0 Å². The molecule has 4 heteroatoms. The number of hydrogen-bond donors (Lipinski definition) is 3. The van der Waals surface area contributed by atoms with Gasteiger partial charge in [0.05, 0.1) is 18.8 Å². The molecule has 3 N–H and O–H groups in total. The number of allylic oxidation sites excluding steroid dienone is 1. The highest BCUT2D eigenvalue weighted by Gasteiger charge is 2.17. The Balaban J connectivity index is 3.72.